The lowest BCUT2D eigenvalue weighted by atomic mass is 10.1. The van der Waals surface area contributed by atoms with Gasteiger partial charge in [-0.25, -0.2) is 9.78 Å². The number of carboxylic acid groups (broad SMARTS) is 1. The summed E-state index contributed by atoms with van der Waals surface area (Å²) in [6.45, 7) is 4.77. The number of aromatic nitrogens is 1. The zero-order valence-electron chi connectivity index (χ0n) is 11.5. The van der Waals surface area contributed by atoms with Crippen LogP contribution in [0.3, 0.4) is 0 Å². The molecule has 0 aromatic carbocycles. The summed E-state index contributed by atoms with van der Waals surface area (Å²) in [5.74, 6) is 0.575. The number of anilines is 1. The highest BCUT2D eigenvalue weighted by molar-refractivity contribution is 5.95. The van der Waals surface area contributed by atoms with E-state index in [4.69, 9.17) is 0 Å². The fourth-order valence-electron chi connectivity index (χ4n) is 2.66. The van der Waals surface area contributed by atoms with Gasteiger partial charge in [0.1, 0.15) is 11.4 Å². The SMILES string of the molecule is Cc1cc(C)c(C(=O)O)c(N(CC2CC2)C2CC2)n1. The van der Waals surface area contributed by atoms with Gasteiger partial charge in [0.05, 0.1) is 0 Å². The Balaban J connectivity index is 2.02. The fourth-order valence-corrected chi connectivity index (χ4v) is 2.66. The molecular formula is C15H20N2O2. The normalized spacial score (nSPS) is 18.4. The van der Waals surface area contributed by atoms with Gasteiger partial charge in [0.15, 0.2) is 0 Å². The van der Waals surface area contributed by atoms with E-state index in [2.05, 4.69) is 9.88 Å². The van der Waals surface area contributed by atoms with Crippen LogP contribution in [-0.2, 0) is 0 Å². The van der Waals surface area contributed by atoms with Gasteiger partial charge in [0.25, 0.3) is 0 Å². The van der Waals surface area contributed by atoms with Crippen LogP contribution in [0.1, 0.15) is 47.3 Å². The van der Waals surface area contributed by atoms with E-state index in [9.17, 15) is 9.90 Å². The van der Waals surface area contributed by atoms with Gasteiger partial charge in [0, 0.05) is 18.3 Å². The highest BCUT2D eigenvalue weighted by Gasteiger charge is 2.36. The Kier molecular flexibility index (Phi) is 2.96. The zero-order valence-corrected chi connectivity index (χ0v) is 11.5. The van der Waals surface area contributed by atoms with Gasteiger partial charge in [-0.05, 0) is 57.1 Å². The van der Waals surface area contributed by atoms with Crippen LogP contribution in [-0.4, -0.2) is 28.6 Å². The number of nitrogens with zero attached hydrogens (tertiary/aromatic N) is 2. The largest absolute Gasteiger partial charge is 0.478 e. The van der Waals surface area contributed by atoms with Gasteiger partial charge in [-0.1, -0.05) is 0 Å². The van der Waals surface area contributed by atoms with Gasteiger partial charge < -0.3 is 10.0 Å². The van der Waals surface area contributed by atoms with Gasteiger partial charge in [-0.2, -0.15) is 0 Å². The second-order valence-electron chi connectivity index (χ2n) is 5.91. The lowest BCUT2D eigenvalue weighted by Gasteiger charge is -2.26. The molecule has 4 nitrogen and oxygen atoms in total. The molecule has 4 heteroatoms. The minimum absolute atomic E-state index is 0.387. The Hall–Kier alpha value is -1.58. The smallest absolute Gasteiger partial charge is 0.339 e. The Bertz CT molecular complexity index is 519. The molecule has 102 valence electrons. The number of carboxylic acids is 1. The topological polar surface area (TPSA) is 53.4 Å². The first-order valence-corrected chi connectivity index (χ1v) is 7.04. The number of hydrogen-bond donors (Lipinski definition) is 1. The van der Waals surface area contributed by atoms with Gasteiger partial charge in [-0.3, -0.25) is 0 Å². The molecule has 1 N–H and O–H groups in total. The van der Waals surface area contributed by atoms with E-state index in [0.717, 1.165) is 23.7 Å². The molecule has 0 radical (unpaired) electrons. The number of aromatic carboxylic acids is 1. The molecule has 3 rings (SSSR count). The molecule has 2 aliphatic rings. The number of hydrogen-bond acceptors (Lipinski definition) is 3. The average Bonchev–Trinajstić information content (AvgIpc) is 3.17. The van der Waals surface area contributed by atoms with Crippen LogP contribution in [0.4, 0.5) is 5.82 Å². The quantitative estimate of drug-likeness (QED) is 0.884. The molecule has 19 heavy (non-hydrogen) atoms. The first-order chi connectivity index (χ1) is 9.06. The third kappa shape index (κ3) is 2.57. The number of pyridine rings is 1. The van der Waals surface area contributed by atoms with E-state index >= 15 is 0 Å². The molecule has 0 spiro atoms. The van der Waals surface area contributed by atoms with Gasteiger partial charge >= 0.3 is 5.97 Å². The number of carbonyl (C=O) groups is 1. The molecule has 0 bridgehead atoms. The predicted molar refractivity (Wildman–Crippen MR) is 73.8 cm³/mol. The highest BCUT2D eigenvalue weighted by atomic mass is 16.4. The molecule has 0 aliphatic heterocycles. The molecule has 0 unspecified atom stereocenters. The Morgan fingerprint density at radius 2 is 2.05 bits per heavy atom. The van der Waals surface area contributed by atoms with Crippen molar-refractivity contribution < 1.29 is 9.90 Å². The Morgan fingerprint density at radius 3 is 2.58 bits per heavy atom. The summed E-state index contributed by atoms with van der Waals surface area (Å²) in [5, 5.41) is 9.47. The van der Waals surface area contributed by atoms with Crippen LogP contribution in [0.5, 0.6) is 0 Å². The summed E-state index contributed by atoms with van der Waals surface area (Å²) in [5.41, 5.74) is 2.11. The van der Waals surface area contributed by atoms with Gasteiger partial charge in [0.2, 0.25) is 0 Å². The maximum absolute atomic E-state index is 11.5. The molecule has 1 aromatic rings. The molecule has 1 aromatic heterocycles. The molecule has 2 aliphatic carbocycles. The zero-order chi connectivity index (χ0) is 13.6. The van der Waals surface area contributed by atoms with Crippen LogP contribution >= 0.6 is 0 Å². The van der Waals surface area contributed by atoms with Crippen molar-refractivity contribution in [2.75, 3.05) is 11.4 Å². The van der Waals surface area contributed by atoms with Crippen LogP contribution in [0.15, 0.2) is 6.07 Å². The van der Waals surface area contributed by atoms with Gasteiger partial charge in [-0.15, -0.1) is 0 Å². The van der Waals surface area contributed by atoms with Crippen molar-refractivity contribution in [2.24, 2.45) is 5.92 Å². The van der Waals surface area contributed by atoms with Crippen LogP contribution < -0.4 is 4.90 Å². The second kappa shape index (κ2) is 4.51. The first kappa shape index (κ1) is 12.5. The van der Waals surface area contributed by atoms with Crippen molar-refractivity contribution in [1.82, 2.24) is 4.98 Å². The predicted octanol–water partition coefficient (Wildman–Crippen LogP) is 2.78. The lowest BCUT2D eigenvalue weighted by Crippen LogP contribution is -2.31. The summed E-state index contributed by atoms with van der Waals surface area (Å²) in [6, 6.07) is 2.36. The van der Waals surface area contributed by atoms with Crippen molar-refractivity contribution in [2.45, 2.75) is 45.6 Å². The number of aryl methyl sites for hydroxylation is 2. The van der Waals surface area contributed by atoms with E-state index in [1.165, 1.54) is 25.7 Å². The Morgan fingerprint density at radius 1 is 1.37 bits per heavy atom. The lowest BCUT2D eigenvalue weighted by molar-refractivity contribution is 0.0696. The molecule has 0 saturated heterocycles. The van der Waals surface area contributed by atoms with Crippen molar-refractivity contribution in [1.29, 1.82) is 0 Å². The van der Waals surface area contributed by atoms with Crippen molar-refractivity contribution >= 4 is 11.8 Å². The average molecular weight is 260 g/mol. The summed E-state index contributed by atoms with van der Waals surface area (Å²) in [4.78, 5) is 18.3. The van der Waals surface area contributed by atoms with Crippen LogP contribution in [0.2, 0.25) is 0 Å². The summed E-state index contributed by atoms with van der Waals surface area (Å²) in [7, 11) is 0. The van der Waals surface area contributed by atoms with Crippen molar-refractivity contribution in [3.05, 3.63) is 22.9 Å². The first-order valence-electron chi connectivity index (χ1n) is 7.04. The van der Waals surface area contributed by atoms with Crippen molar-refractivity contribution in [3.63, 3.8) is 0 Å². The third-order valence-corrected chi connectivity index (χ3v) is 3.95. The standard InChI is InChI=1S/C15H20N2O2/c1-9-7-10(2)16-14(13(9)15(18)19)17(12-5-6-12)8-11-3-4-11/h7,11-12H,3-6,8H2,1-2H3,(H,18,19). The fraction of sp³-hybridized carbons (Fsp3) is 0.600. The summed E-state index contributed by atoms with van der Waals surface area (Å²) in [6.07, 6.45) is 4.88. The summed E-state index contributed by atoms with van der Waals surface area (Å²) < 4.78 is 0. The molecule has 0 amide bonds. The maximum atomic E-state index is 11.5. The van der Waals surface area contributed by atoms with E-state index in [1.807, 2.05) is 19.9 Å². The Labute approximate surface area is 113 Å². The second-order valence-corrected chi connectivity index (χ2v) is 5.91. The molecule has 2 fully saturated rings. The highest BCUT2D eigenvalue weighted by Crippen LogP contribution is 2.38. The molecule has 1 heterocycles. The maximum Gasteiger partial charge on any atom is 0.339 e. The minimum atomic E-state index is -0.860. The van der Waals surface area contributed by atoms with Crippen LogP contribution in [0, 0.1) is 19.8 Å². The van der Waals surface area contributed by atoms with E-state index < -0.39 is 5.97 Å². The summed E-state index contributed by atoms with van der Waals surface area (Å²) >= 11 is 0. The van der Waals surface area contributed by atoms with E-state index in [1.54, 1.807) is 0 Å². The molecule has 0 atom stereocenters. The molecule has 2 saturated carbocycles. The van der Waals surface area contributed by atoms with E-state index in [-0.39, 0.29) is 0 Å². The molecular weight excluding hydrogens is 240 g/mol. The van der Waals surface area contributed by atoms with Crippen molar-refractivity contribution in [3.8, 4) is 0 Å². The van der Waals surface area contributed by atoms with E-state index in [0.29, 0.717) is 17.4 Å². The third-order valence-electron chi connectivity index (χ3n) is 3.95. The minimum Gasteiger partial charge on any atom is -0.478 e. The number of rotatable bonds is 5. The van der Waals surface area contributed by atoms with Crippen LogP contribution in [0.25, 0.3) is 0 Å². The monoisotopic (exact) mass is 260 g/mol.